The average Bonchev–Trinajstić information content (AvgIpc) is 2.41. The Kier molecular flexibility index (Phi) is 4.44. The first kappa shape index (κ1) is 13.9. The van der Waals surface area contributed by atoms with Crippen LogP contribution >= 0.6 is 15.9 Å². The zero-order valence-electron chi connectivity index (χ0n) is 10.6. The van der Waals surface area contributed by atoms with Crippen LogP contribution in [0.15, 0.2) is 28.7 Å². The van der Waals surface area contributed by atoms with E-state index >= 15 is 0 Å². The molecule has 4 nitrogen and oxygen atoms in total. The molecule has 0 amide bonds. The van der Waals surface area contributed by atoms with E-state index in [1.54, 1.807) is 26.3 Å². The maximum atomic E-state index is 13.3. The average molecular weight is 326 g/mol. The molecule has 0 saturated carbocycles. The maximum absolute atomic E-state index is 13.3. The van der Waals surface area contributed by atoms with Gasteiger partial charge in [0.25, 0.3) is 0 Å². The Morgan fingerprint density at radius 1 is 1.37 bits per heavy atom. The Morgan fingerprint density at radius 2 is 2.16 bits per heavy atom. The Morgan fingerprint density at radius 3 is 2.79 bits per heavy atom. The van der Waals surface area contributed by atoms with Crippen LogP contribution in [0.4, 0.5) is 10.2 Å². The minimum absolute atomic E-state index is 0.316. The van der Waals surface area contributed by atoms with Gasteiger partial charge >= 0.3 is 0 Å². The molecule has 0 spiro atoms. The zero-order chi connectivity index (χ0) is 13.8. The van der Waals surface area contributed by atoms with Gasteiger partial charge in [0.15, 0.2) is 5.82 Å². The highest BCUT2D eigenvalue weighted by Crippen LogP contribution is 2.27. The van der Waals surface area contributed by atoms with Crippen LogP contribution in [-0.2, 0) is 11.3 Å². The molecule has 0 unspecified atom stereocenters. The van der Waals surface area contributed by atoms with Crippen LogP contribution in [0, 0.1) is 5.82 Å². The Balaban J connectivity index is 2.54. The molecular weight excluding hydrogens is 313 g/mol. The molecule has 0 atom stereocenters. The molecule has 1 N–H and O–H groups in total. The van der Waals surface area contributed by atoms with E-state index in [1.807, 2.05) is 0 Å². The van der Waals surface area contributed by atoms with Crippen molar-refractivity contribution >= 4 is 21.7 Å². The first-order chi connectivity index (χ1) is 9.15. The standard InChI is InChI=1S/C13H13BrFN3O/c1-16-13-11(14)10(7-19-2)17-12(18-13)8-4-3-5-9(15)6-8/h3-6H,7H2,1-2H3,(H,16,17,18). The summed E-state index contributed by atoms with van der Waals surface area (Å²) in [6.07, 6.45) is 0. The van der Waals surface area contributed by atoms with Crippen LogP contribution in [0.3, 0.4) is 0 Å². The van der Waals surface area contributed by atoms with Crippen LogP contribution in [0.25, 0.3) is 11.4 Å². The summed E-state index contributed by atoms with van der Waals surface area (Å²) in [5.74, 6) is 0.781. The van der Waals surface area contributed by atoms with E-state index in [-0.39, 0.29) is 5.82 Å². The molecular formula is C13H13BrFN3O. The third kappa shape index (κ3) is 3.08. The largest absolute Gasteiger partial charge is 0.378 e. The third-order valence-corrected chi connectivity index (χ3v) is 3.35. The predicted molar refractivity (Wildman–Crippen MR) is 75.4 cm³/mol. The molecule has 0 radical (unpaired) electrons. The molecule has 6 heteroatoms. The van der Waals surface area contributed by atoms with Gasteiger partial charge < -0.3 is 10.1 Å². The summed E-state index contributed by atoms with van der Waals surface area (Å²) in [5, 5.41) is 2.97. The van der Waals surface area contributed by atoms with Gasteiger partial charge in [-0.1, -0.05) is 12.1 Å². The van der Waals surface area contributed by atoms with E-state index in [0.29, 0.717) is 29.5 Å². The van der Waals surface area contributed by atoms with Gasteiger partial charge in [-0.2, -0.15) is 0 Å². The maximum Gasteiger partial charge on any atom is 0.162 e. The molecule has 0 fully saturated rings. The number of hydrogen-bond acceptors (Lipinski definition) is 4. The summed E-state index contributed by atoms with van der Waals surface area (Å²) in [4.78, 5) is 8.75. The number of halogens is 2. The van der Waals surface area contributed by atoms with Crippen LogP contribution in [0.5, 0.6) is 0 Å². The number of rotatable bonds is 4. The quantitative estimate of drug-likeness (QED) is 0.937. The molecule has 0 aliphatic carbocycles. The van der Waals surface area contributed by atoms with Gasteiger partial charge in [-0.05, 0) is 28.1 Å². The van der Waals surface area contributed by atoms with Crippen molar-refractivity contribution in [1.29, 1.82) is 0 Å². The molecule has 0 aliphatic heterocycles. The fraction of sp³-hybridized carbons (Fsp3) is 0.231. The SMILES string of the molecule is CNc1nc(-c2cccc(F)c2)nc(COC)c1Br. The van der Waals surface area contributed by atoms with Gasteiger partial charge in [0.05, 0.1) is 16.8 Å². The second-order valence-electron chi connectivity index (χ2n) is 3.85. The molecule has 2 rings (SSSR count). The highest BCUT2D eigenvalue weighted by Gasteiger charge is 2.12. The van der Waals surface area contributed by atoms with Gasteiger partial charge in [-0.3, -0.25) is 0 Å². The van der Waals surface area contributed by atoms with Crippen molar-refractivity contribution in [3.05, 3.63) is 40.2 Å². The van der Waals surface area contributed by atoms with Crippen molar-refractivity contribution < 1.29 is 9.13 Å². The van der Waals surface area contributed by atoms with Gasteiger partial charge in [0.2, 0.25) is 0 Å². The Hall–Kier alpha value is -1.53. The fourth-order valence-corrected chi connectivity index (χ4v) is 2.14. The topological polar surface area (TPSA) is 47.0 Å². The van der Waals surface area contributed by atoms with E-state index in [4.69, 9.17) is 4.74 Å². The molecule has 2 aromatic rings. The second-order valence-corrected chi connectivity index (χ2v) is 4.64. The third-order valence-electron chi connectivity index (χ3n) is 2.52. The van der Waals surface area contributed by atoms with Crippen molar-refractivity contribution in [2.45, 2.75) is 6.61 Å². The molecule has 0 bridgehead atoms. The van der Waals surface area contributed by atoms with Crippen LogP contribution in [0.1, 0.15) is 5.69 Å². The molecule has 100 valence electrons. The smallest absolute Gasteiger partial charge is 0.162 e. The predicted octanol–water partition coefficient (Wildman–Crippen LogP) is 3.23. The van der Waals surface area contributed by atoms with Crippen molar-refractivity contribution in [2.24, 2.45) is 0 Å². The molecule has 1 aromatic heterocycles. The summed E-state index contributed by atoms with van der Waals surface area (Å²) < 4.78 is 19.1. The van der Waals surface area contributed by atoms with E-state index in [9.17, 15) is 4.39 Å². The summed E-state index contributed by atoms with van der Waals surface area (Å²) in [5.41, 5.74) is 1.34. The fourth-order valence-electron chi connectivity index (χ4n) is 1.65. The molecule has 1 heterocycles. The second kappa shape index (κ2) is 6.08. The lowest BCUT2D eigenvalue weighted by Gasteiger charge is -2.10. The lowest BCUT2D eigenvalue weighted by atomic mass is 10.2. The lowest BCUT2D eigenvalue weighted by molar-refractivity contribution is 0.181. The lowest BCUT2D eigenvalue weighted by Crippen LogP contribution is -2.04. The van der Waals surface area contributed by atoms with E-state index in [0.717, 1.165) is 4.47 Å². The normalized spacial score (nSPS) is 10.5. The number of nitrogens with zero attached hydrogens (tertiary/aromatic N) is 2. The van der Waals surface area contributed by atoms with Crippen molar-refractivity contribution in [2.75, 3.05) is 19.5 Å². The van der Waals surface area contributed by atoms with Gasteiger partial charge in [-0.25, -0.2) is 14.4 Å². The summed E-state index contributed by atoms with van der Waals surface area (Å²) in [6, 6.07) is 6.18. The molecule has 0 saturated heterocycles. The highest BCUT2D eigenvalue weighted by molar-refractivity contribution is 9.10. The minimum Gasteiger partial charge on any atom is -0.378 e. The van der Waals surface area contributed by atoms with E-state index in [1.165, 1.54) is 12.1 Å². The number of aromatic nitrogens is 2. The van der Waals surface area contributed by atoms with Gasteiger partial charge in [-0.15, -0.1) is 0 Å². The van der Waals surface area contributed by atoms with Gasteiger partial charge in [0, 0.05) is 19.7 Å². The molecule has 1 aromatic carbocycles. The zero-order valence-corrected chi connectivity index (χ0v) is 12.2. The van der Waals surface area contributed by atoms with E-state index in [2.05, 4.69) is 31.2 Å². The number of ether oxygens (including phenoxy) is 1. The number of nitrogens with one attached hydrogen (secondary N) is 1. The van der Waals surface area contributed by atoms with Crippen molar-refractivity contribution in [3.63, 3.8) is 0 Å². The number of benzene rings is 1. The van der Waals surface area contributed by atoms with Crippen LogP contribution in [-0.4, -0.2) is 24.1 Å². The number of methoxy groups -OCH3 is 1. The molecule has 19 heavy (non-hydrogen) atoms. The summed E-state index contributed by atoms with van der Waals surface area (Å²) in [7, 11) is 3.36. The van der Waals surface area contributed by atoms with Gasteiger partial charge in [0.1, 0.15) is 11.6 Å². The first-order valence-corrected chi connectivity index (χ1v) is 6.44. The summed E-state index contributed by atoms with van der Waals surface area (Å²) in [6.45, 7) is 0.347. The van der Waals surface area contributed by atoms with Crippen LogP contribution in [0.2, 0.25) is 0 Å². The Bertz CT molecular complexity index is 592. The number of hydrogen-bond donors (Lipinski definition) is 1. The number of anilines is 1. The first-order valence-electron chi connectivity index (χ1n) is 5.64. The van der Waals surface area contributed by atoms with Crippen molar-refractivity contribution in [1.82, 2.24) is 9.97 Å². The monoisotopic (exact) mass is 325 g/mol. The molecule has 0 aliphatic rings. The van der Waals surface area contributed by atoms with Crippen molar-refractivity contribution in [3.8, 4) is 11.4 Å². The highest BCUT2D eigenvalue weighted by atomic mass is 79.9. The Labute approximate surface area is 119 Å². The summed E-state index contributed by atoms with van der Waals surface area (Å²) >= 11 is 3.42. The minimum atomic E-state index is -0.316. The van der Waals surface area contributed by atoms with E-state index < -0.39 is 0 Å². The van der Waals surface area contributed by atoms with Crippen LogP contribution < -0.4 is 5.32 Å².